The van der Waals surface area contributed by atoms with Crippen LogP contribution in [0.5, 0.6) is 0 Å². The molecule has 0 atom stereocenters. The maximum Gasteiger partial charge on any atom is 0.256 e. The van der Waals surface area contributed by atoms with Gasteiger partial charge in [-0.1, -0.05) is 73.8 Å². The summed E-state index contributed by atoms with van der Waals surface area (Å²) in [6.45, 7) is 6.58. The van der Waals surface area contributed by atoms with Crippen molar-refractivity contribution in [3.05, 3.63) is 232 Å². The minimum atomic E-state index is -0.509. The zero-order valence-electron chi connectivity index (χ0n) is 38.8. The largest absolute Gasteiger partial charge is 0.399 e. The van der Waals surface area contributed by atoms with Crippen LogP contribution in [-0.4, -0.2) is 52.9 Å². The number of amides is 3. The van der Waals surface area contributed by atoms with Gasteiger partial charge in [-0.15, -0.1) is 0 Å². The first-order chi connectivity index (χ1) is 35.5. The van der Waals surface area contributed by atoms with Gasteiger partial charge < -0.3 is 21.7 Å². The van der Waals surface area contributed by atoms with Crippen LogP contribution in [0.25, 0.3) is 66.3 Å². The van der Waals surface area contributed by atoms with Crippen molar-refractivity contribution in [2.45, 2.75) is 0 Å². The predicted octanol–water partition coefficient (Wildman–Crippen LogP) is 11.9. The first-order valence-corrected chi connectivity index (χ1v) is 22.8. The third kappa shape index (κ3) is 12.8. The van der Waals surface area contributed by atoms with E-state index in [-0.39, 0.29) is 17.7 Å². The minimum absolute atomic E-state index is 0.206. The normalized spacial score (nSPS) is 10.4. The molecule has 6 aromatic carbocycles. The third-order valence-corrected chi connectivity index (χ3v) is 11.1. The summed E-state index contributed by atoms with van der Waals surface area (Å²) in [7, 11) is 0. The molecule has 0 radical (unpaired) electrons. The van der Waals surface area contributed by atoms with E-state index in [1.807, 2.05) is 103 Å². The molecule has 0 aliphatic rings. The van der Waals surface area contributed by atoms with Crippen LogP contribution in [0.1, 0.15) is 20.7 Å². The van der Waals surface area contributed by atoms with Crippen molar-refractivity contribution in [1.29, 1.82) is 0 Å². The lowest BCUT2D eigenvalue weighted by molar-refractivity contribution is -0.112. The van der Waals surface area contributed by atoms with E-state index in [2.05, 4.69) is 65.1 Å². The lowest BCUT2D eigenvalue weighted by atomic mass is 9.95. The van der Waals surface area contributed by atoms with Gasteiger partial charge in [-0.05, 0) is 154 Å². The van der Waals surface area contributed by atoms with Gasteiger partial charge in [0.2, 0.25) is 11.1 Å². The fourth-order valence-corrected chi connectivity index (χ4v) is 7.52. The van der Waals surface area contributed by atoms with Crippen LogP contribution in [0, 0.1) is 0 Å². The highest BCUT2D eigenvalue weighted by atomic mass is 35.5. The molecule has 0 fully saturated rings. The first-order valence-electron chi connectivity index (χ1n) is 22.4. The average molecular weight is 980 g/mol. The second-order valence-electron chi connectivity index (χ2n) is 15.9. The maximum atomic E-state index is 12.6. The van der Waals surface area contributed by atoms with Crippen LogP contribution in [0.2, 0.25) is 0 Å². The number of allylic oxidation sites excluding steroid dienone is 1. The molecule has 15 heteroatoms. The van der Waals surface area contributed by atoms with Gasteiger partial charge in [0.25, 0.3) is 11.8 Å². The van der Waals surface area contributed by atoms with Gasteiger partial charge in [-0.2, -0.15) is 0 Å². The topological polar surface area (TPSA) is 208 Å². The molecule has 0 aliphatic carbocycles. The molecule has 10 rings (SSSR count). The molecular formula is C58H43ClN10O4. The van der Waals surface area contributed by atoms with Crippen LogP contribution in [0.3, 0.4) is 0 Å². The van der Waals surface area contributed by atoms with Crippen molar-refractivity contribution >= 4 is 79.4 Å². The highest BCUT2D eigenvalue weighted by Crippen LogP contribution is 2.36. The monoisotopic (exact) mass is 978 g/mol. The highest BCUT2D eigenvalue weighted by molar-refractivity contribution is 6.66. The van der Waals surface area contributed by atoms with Crippen LogP contribution >= 0.6 is 11.6 Å². The van der Waals surface area contributed by atoms with Gasteiger partial charge in [0.05, 0.1) is 11.0 Å². The lowest BCUT2D eigenvalue weighted by Gasteiger charge is -2.12. The van der Waals surface area contributed by atoms with E-state index in [4.69, 9.17) is 17.3 Å². The van der Waals surface area contributed by atoms with Crippen molar-refractivity contribution in [3.8, 4) is 44.5 Å². The zero-order chi connectivity index (χ0) is 51.1. The molecule has 10 aromatic rings. The fourth-order valence-electron chi connectivity index (χ4n) is 7.52. The number of hydrogen-bond donors (Lipinski definition) is 4. The van der Waals surface area contributed by atoms with E-state index < -0.39 is 5.24 Å². The molecule has 0 bridgehead atoms. The van der Waals surface area contributed by atoms with Gasteiger partial charge in [0.15, 0.2) is 0 Å². The number of nitrogen functional groups attached to an aromatic ring is 1. The summed E-state index contributed by atoms with van der Waals surface area (Å²) in [5, 5.41) is 9.69. The number of benzene rings is 6. The average Bonchev–Trinajstić information content (AvgIpc) is 3.43. The Morgan fingerprint density at radius 3 is 1.40 bits per heavy atom. The third-order valence-electron chi connectivity index (χ3n) is 11.0. The second kappa shape index (κ2) is 23.5. The van der Waals surface area contributed by atoms with E-state index in [1.165, 1.54) is 12.4 Å². The number of rotatable bonds is 11. The molecule has 0 saturated heterocycles. The van der Waals surface area contributed by atoms with E-state index >= 15 is 0 Å². The predicted molar refractivity (Wildman–Crippen MR) is 289 cm³/mol. The van der Waals surface area contributed by atoms with Crippen molar-refractivity contribution < 1.29 is 19.2 Å². The molecule has 3 amide bonds. The quantitative estimate of drug-likeness (QED) is 0.0544. The molecule has 14 nitrogen and oxygen atoms in total. The molecule has 0 saturated carbocycles. The smallest absolute Gasteiger partial charge is 0.256 e. The van der Waals surface area contributed by atoms with Crippen molar-refractivity contribution in [1.82, 2.24) is 29.9 Å². The van der Waals surface area contributed by atoms with Gasteiger partial charge in [0.1, 0.15) is 24.3 Å². The number of nitrogens with two attached hydrogens (primary N) is 1. The number of fused-ring (bicyclic) bond motifs is 2. The summed E-state index contributed by atoms with van der Waals surface area (Å²) < 4.78 is 0. The molecule has 0 aliphatic heterocycles. The number of hydrogen-bond acceptors (Lipinski definition) is 11. The van der Waals surface area contributed by atoms with E-state index in [0.29, 0.717) is 34.1 Å². The number of carbonyl (C=O) groups excluding carboxylic acids is 4. The number of nitrogens with zero attached hydrogens (tertiary/aromatic N) is 6. The first kappa shape index (κ1) is 49.4. The SMILES string of the molecule is C=CC(=O)Cl.C=CC(=O)Nc1cccc(-c2cc(-c3ccc(C(=O)Nc4ccccn4)cc3)cc3cncnc23)c1.Nc1cccc(-c2cc(-c3ccc(C(=O)Nc4ccccn4)cc3)cc3cncnc23)c1. The number of anilines is 4. The van der Waals surface area contributed by atoms with E-state index in [1.54, 1.807) is 79.6 Å². The van der Waals surface area contributed by atoms with Crippen molar-refractivity contribution in [2.24, 2.45) is 0 Å². The Bertz CT molecular complexity index is 3630. The summed E-state index contributed by atoms with van der Waals surface area (Å²) in [4.78, 5) is 72.0. The molecular weight excluding hydrogens is 936 g/mol. The summed E-state index contributed by atoms with van der Waals surface area (Å²) >= 11 is 4.71. The summed E-state index contributed by atoms with van der Waals surface area (Å²) in [6.07, 6.45) is 12.2. The molecule has 356 valence electrons. The zero-order valence-corrected chi connectivity index (χ0v) is 39.6. The number of pyridine rings is 2. The summed E-state index contributed by atoms with van der Waals surface area (Å²) in [5.74, 6) is 0.300. The van der Waals surface area contributed by atoms with Crippen LogP contribution in [0.4, 0.5) is 23.0 Å². The van der Waals surface area contributed by atoms with Gasteiger partial charge in [-0.25, -0.2) is 29.9 Å². The second-order valence-corrected chi connectivity index (χ2v) is 16.2. The molecule has 4 heterocycles. The Morgan fingerprint density at radius 1 is 0.479 bits per heavy atom. The van der Waals surface area contributed by atoms with Gasteiger partial charge in [-0.3, -0.25) is 19.2 Å². The Morgan fingerprint density at radius 2 is 0.959 bits per heavy atom. The van der Waals surface area contributed by atoms with E-state index in [0.717, 1.165) is 72.4 Å². The van der Waals surface area contributed by atoms with Gasteiger partial charge >= 0.3 is 0 Å². The van der Waals surface area contributed by atoms with Crippen molar-refractivity contribution in [2.75, 3.05) is 21.7 Å². The number of carbonyl (C=O) groups is 4. The minimum Gasteiger partial charge on any atom is -0.399 e. The van der Waals surface area contributed by atoms with Crippen molar-refractivity contribution in [3.63, 3.8) is 0 Å². The Kier molecular flexibility index (Phi) is 15.9. The molecule has 5 N–H and O–H groups in total. The lowest BCUT2D eigenvalue weighted by Crippen LogP contribution is -2.12. The number of aromatic nitrogens is 6. The fraction of sp³-hybridized carbons (Fsp3) is 0. The standard InChI is InChI=1S/C29H21N5O2.C26H19N5O.C3H3ClO/c1-2-27(35)33-24-7-5-6-21(15-24)25-16-22(14-23-17-30-18-32-28(23)25)19-9-11-20(12-10-19)29(36)34-26-8-3-4-13-31-26;27-22-5-3-4-19(13-22)23-14-20(12-21-15-28-16-30-25(21)23)17-7-9-18(10-8-17)26(32)31-24-6-1-2-11-29-24;1-2-3(4)5/h2-18H,1H2,(H,33,35)(H,31,34,36);1-16H,27H2,(H,29,31,32);2H,1H2. The molecule has 4 aromatic heterocycles. The Hall–Kier alpha value is -10.1. The van der Waals surface area contributed by atoms with Gasteiger partial charge in [0, 0.05) is 69.2 Å². The van der Waals surface area contributed by atoms with Crippen LogP contribution < -0.4 is 21.7 Å². The highest BCUT2D eigenvalue weighted by Gasteiger charge is 2.14. The Balaban J connectivity index is 0.000000179. The molecule has 0 spiro atoms. The molecule has 0 unspecified atom stereocenters. The Labute approximate surface area is 424 Å². The summed E-state index contributed by atoms with van der Waals surface area (Å²) in [6, 6.07) is 49.1. The summed E-state index contributed by atoms with van der Waals surface area (Å²) in [5.41, 5.74) is 17.7. The van der Waals surface area contributed by atoms with Crippen LogP contribution in [-0.2, 0) is 9.59 Å². The van der Waals surface area contributed by atoms with Crippen LogP contribution in [0.15, 0.2) is 220 Å². The van der Waals surface area contributed by atoms with E-state index in [9.17, 15) is 19.2 Å². The maximum absolute atomic E-state index is 12.6. The molecule has 73 heavy (non-hydrogen) atoms. The number of halogens is 1. The number of nitrogens with one attached hydrogen (secondary N) is 3.